The van der Waals surface area contributed by atoms with Gasteiger partial charge in [-0.1, -0.05) is 26.7 Å². The number of ether oxygens (including phenoxy) is 1. The van der Waals surface area contributed by atoms with Gasteiger partial charge in [-0.2, -0.15) is 4.31 Å². The van der Waals surface area contributed by atoms with Crippen LogP contribution in [0.2, 0.25) is 0 Å². The zero-order chi connectivity index (χ0) is 19.2. The molecule has 0 radical (unpaired) electrons. The van der Waals surface area contributed by atoms with E-state index in [1.807, 2.05) is 6.92 Å². The van der Waals surface area contributed by atoms with Crippen molar-refractivity contribution in [1.29, 1.82) is 0 Å². The average Bonchev–Trinajstić information content (AvgIpc) is 2.62. The predicted molar refractivity (Wildman–Crippen MR) is 102 cm³/mol. The molecule has 1 atom stereocenters. The summed E-state index contributed by atoms with van der Waals surface area (Å²) in [6.07, 6.45) is 2.65. The number of rotatable bonds is 8. The van der Waals surface area contributed by atoms with Crippen molar-refractivity contribution in [1.82, 2.24) is 9.21 Å². The van der Waals surface area contributed by atoms with Gasteiger partial charge in [-0.15, -0.1) is 0 Å². The first-order chi connectivity index (χ1) is 12.4. The quantitative estimate of drug-likeness (QED) is 0.693. The van der Waals surface area contributed by atoms with Gasteiger partial charge in [0.25, 0.3) is 0 Å². The molecule has 7 heteroatoms. The largest absolute Gasteiger partial charge is 0.494 e. The molecule has 0 aromatic heterocycles. The van der Waals surface area contributed by atoms with E-state index in [4.69, 9.17) is 4.74 Å². The fourth-order valence-corrected chi connectivity index (χ4v) is 4.65. The first-order valence-electron chi connectivity index (χ1n) is 9.39. The lowest BCUT2D eigenvalue weighted by atomic mass is 10.0. The van der Waals surface area contributed by atoms with Crippen molar-refractivity contribution in [3.8, 4) is 5.75 Å². The van der Waals surface area contributed by atoms with Crippen LogP contribution in [0, 0.1) is 5.92 Å². The van der Waals surface area contributed by atoms with E-state index in [2.05, 4.69) is 13.8 Å². The SMILES string of the molecule is CCCC(C)CC(=O)N1CCN(S(=O)(=O)c2ccc(OCC)cc2)CC1. The first-order valence-corrected chi connectivity index (χ1v) is 10.8. The van der Waals surface area contributed by atoms with E-state index in [0.717, 1.165) is 12.8 Å². The molecule has 1 aromatic carbocycles. The van der Waals surface area contributed by atoms with Crippen LogP contribution in [0.25, 0.3) is 0 Å². The summed E-state index contributed by atoms with van der Waals surface area (Å²) in [5.41, 5.74) is 0. The standard InChI is InChI=1S/C19H30N2O4S/c1-4-6-16(3)15-19(22)20-11-13-21(14-12-20)26(23,24)18-9-7-17(8-10-18)25-5-2/h7-10,16H,4-6,11-15H2,1-3H3. The Labute approximate surface area is 157 Å². The minimum absolute atomic E-state index is 0.129. The molecule has 146 valence electrons. The van der Waals surface area contributed by atoms with Crippen LogP contribution in [0.3, 0.4) is 0 Å². The molecule has 1 aliphatic heterocycles. The van der Waals surface area contributed by atoms with Crippen LogP contribution in [-0.2, 0) is 14.8 Å². The molecule has 0 bridgehead atoms. The zero-order valence-electron chi connectivity index (χ0n) is 16.0. The number of hydrogen-bond acceptors (Lipinski definition) is 4. The number of amides is 1. The van der Waals surface area contributed by atoms with Crippen LogP contribution in [0.4, 0.5) is 0 Å². The van der Waals surface area contributed by atoms with Crippen molar-refractivity contribution in [2.45, 2.75) is 44.9 Å². The molecular formula is C19H30N2O4S. The first kappa shape index (κ1) is 20.7. The van der Waals surface area contributed by atoms with Crippen molar-refractivity contribution in [3.63, 3.8) is 0 Å². The van der Waals surface area contributed by atoms with E-state index < -0.39 is 10.0 Å². The number of carbonyl (C=O) groups excluding carboxylic acids is 1. The number of sulfonamides is 1. The molecule has 0 saturated carbocycles. The van der Waals surface area contributed by atoms with E-state index in [9.17, 15) is 13.2 Å². The summed E-state index contributed by atoms with van der Waals surface area (Å²) >= 11 is 0. The van der Waals surface area contributed by atoms with Gasteiger partial charge in [0.15, 0.2) is 0 Å². The van der Waals surface area contributed by atoms with Crippen LogP contribution in [0.15, 0.2) is 29.2 Å². The third-order valence-electron chi connectivity index (χ3n) is 4.67. The molecule has 0 spiro atoms. The summed E-state index contributed by atoms with van der Waals surface area (Å²) in [7, 11) is -3.53. The Bertz CT molecular complexity index is 680. The van der Waals surface area contributed by atoms with Gasteiger partial charge in [0.2, 0.25) is 15.9 Å². The second-order valence-electron chi connectivity index (χ2n) is 6.79. The Kier molecular flexibility index (Phi) is 7.46. The van der Waals surface area contributed by atoms with Gasteiger partial charge in [0.1, 0.15) is 5.75 Å². The number of piperazine rings is 1. The van der Waals surface area contributed by atoms with Crippen LogP contribution in [0.5, 0.6) is 5.75 Å². The summed E-state index contributed by atoms with van der Waals surface area (Å²) in [6.45, 7) is 8.21. The number of carbonyl (C=O) groups is 1. The molecule has 1 saturated heterocycles. The highest BCUT2D eigenvalue weighted by atomic mass is 32.2. The van der Waals surface area contributed by atoms with Crippen LogP contribution in [-0.4, -0.2) is 56.3 Å². The lowest BCUT2D eigenvalue weighted by Gasteiger charge is -2.34. The molecule has 0 N–H and O–H groups in total. The monoisotopic (exact) mass is 382 g/mol. The maximum Gasteiger partial charge on any atom is 0.243 e. The molecule has 1 amide bonds. The maximum atomic E-state index is 12.8. The van der Waals surface area contributed by atoms with Crippen molar-refractivity contribution in [2.75, 3.05) is 32.8 Å². The minimum atomic E-state index is -3.53. The highest BCUT2D eigenvalue weighted by Gasteiger charge is 2.30. The molecule has 1 aliphatic rings. The Morgan fingerprint density at radius 2 is 1.73 bits per heavy atom. The maximum absolute atomic E-state index is 12.8. The number of benzene rings is 1. The summed E-state index contributed by atoms with van der Waals surface area (Å²) < 4.78 is 32.4. The highest BCUT2D eigenvalue weighted by molar-refractivity contribution is 7.89. The third kappa shape index (κ3) is 5.20. The smallest absolute Gasteiger partial charge is 0.243 e. The molecule has 2 rings (SSSR count). The summed E-state index contributed by atoms with van der Waals surface area (Å²) in [4.78, 5) is 14.4. The van der Waals surface area contributed by atoms with Crippen molar-refractivity contribution in [2.24, 2.45) is 5.92 Å². The fourth-order valence-electron chi connectivity index (χ4n) is 3.22. The second-order valence-corrected chi connectivity index (χ2v) is 8.73. The summed E-state index contributed by atoms with van der Waals surface area (Å²) in [5, 5.41) is 0. The molecule has 6 nitrogen and oxygen atoms in total. The van der Waals surface area contributed by atoms with Gasteiger partial charge < -0.3 is 9.64 Å². The predicted octanol–water partition coefficient (Wildman–Crippen LogP) is 2.74. The van der Waals surface area contributed by atoms with Crippen molar-refractivity contribution >= 4 is 15.9 Å². The fraction of sp³-hybridized carbons (Fsp3) is 0.632. The Balaban J connectivity index is 1.94. The summed E-state index contributed by atoms with van der Waals surface area (Å²) in [5.74, 6) is 1.16. The van der Waals surface area contributed by atoms with Gasteiger partial charge in [-0.3, -0.25) is 4.79 Å². The third-order valence-corrected chi connectivity index (χ3v) is 6.58. The Morgan fingerprint density at radius 1 is 1.12 bits per heavy atom. The van der Waals surface area contributed by atoms with E-state index in [-0.39, 0.29) is 10.8 Å². The van der Waals surface area contributed by atoms with Crippen LogP contribution in [0.1, 0.15) is 40.0 Å². The Hall–Kier alpha value is -1.60. The summed E-state index contributed by atoms with van der Waals surface area (Å²) in [6, 6.07) is 6.49. The van der Waals surface area contributed by atoms with Crippen molar-refractivity contribution in [3.05, 3.63) is 24.3 Å². The minimum Gasteiger partial charge on any atom is -0.494 e. The topological polar surface area (TPSA) is 66.9 Å². The van der Waals surface area contributed by atoms with Gasteiger partial charge in [-0.25, -0.2) is 8.42 Å². The lowest BCUT2D eigenvalue weighted by molar-refractivity contribution is -0.133. The van der Waals surface area contributed by atoms with E-state index >= 15 is 0 Å². The van der Waals surface area contributed by atoms with Gasteiger partial charge in [0.05, 0.1) is 11.5 Å². The van der Waals surface area contributed by atoms with Crippen LogP contribution < -0.4 is 4.74 Å². The average molecular weight is 383 g/mol. The van der Waals surface area contributed by atoms with Crippen molar-refractivity contribution < 1.29 is 17.9 Å². The lowest BCUT2D eigenvalue weighted by Crippen LogP contribution is -2.50. The van der Waals surface area contributed by atoms with E-state index in [1.54, 1.807) is 29.2 Å². The van der Waals surface area contributed by atoms with Gasteiger partial charge in [-0.05, 0) is 37.1 Å². The second kappa shape index (κ2) is 9.37. The normalized spacial score (nSPS) is 17.1. The van der Waals surface area contributed by atoms with Gasteiger partial charge >= 0.3 is 0 Å². The van der Waals surface area contributed by atoms with Crippen LogP contribution >= 0.6 is 0 Å². The molecule has 1 heterocycles. The van der Waals surface area contributed by atoms with E-state index in [0.29, 0.717) is 50.9 Å². The molecule has 1 fully saturated rings. The molecule has 1 unspecified atom stereocenters. The molecule has 26 heavy (non-hydrogen) atoms. The number of nitrogens with zero attached hydrogens (tertiary/aromatic N) is 2. The Morgan fingerprint density at radius 3 is 2.27 bits per heavy atom. The van der Waals surface area contributed by atoms with E-state index in [1.165, 1.54) is 4.31 Å². The number of hydrogen-bond donors (Lipinski definition) is 0. The molecule has 1 aromatic rings. The molecule has 0 aliphatic carbocycles. The van der Waals surface area contributed by atoms with Gasteiger partial charge in [0, 0.05) is 32.6 Å². The zero-order valence-corrected chi connectivity index (χ0v) is 16.8. The molecular weight excluding hydrogens is 352 g/mol. The highest BCUT2D eigenvalue weighted by Crippen LogP contribution is 2.21.